The van der Waals surface area contributed by atoms with Gasteiger partial charge in [-0.15, -0.1) is 0 Å². The fraction of sp³-hybridized carbons (Fsp3) is 0.389. The average molecular weight is 393 g/mol. The summed E-state index contributed by atoms with van der Waals surface area (Å²) in [4.78, 5) is 19.4. The molecule has 136 valence electrons. The minimum Gasteiger partial charge on any atom is -0.439 e. The first-order valence-corrected chi connectivity index (χ1v) is 9.32. The Bertz CT molecular complexity index is 959. The summed E-state index contributed by atoms with van der Waals surface area (Å²) in [6.45, 7) is 0.293. The second-order valence-corrected chi connectivity index (χ2v) is 7.36. The molecule has 0 aliphatic heterocycles. The summed E-state index contributed by atoms with van der Waals surface area (Å²) in [7, 11) is 1.71. The highest BCUT2D eigenvalue weighted by Crippen LogP contribution is 2.29. The number of hydrogen-bond donors (Lipinski definition) is 0. The lowest BCUT2D eigenvalue weighted by atomic mass is 10.2. The number of nitrogens with zero attached hydrogens (tertiary/aromatic N) is 4. The van der Waals surface area contributed by atoms with Gasteiger partial charge in [-0.2, -0.15) is 5.10 Å². The first-order chi connectivity index (χ1) is 12.5. The van der Waals surface area contributed by atoms with Crippen molar-refractivity contribution in [1.29, 1.82) is 0 Å². The topological polar surface area (TPSA) is 64.2 Å². The Hall–Kier alpha value is -2.05. The molecule has 3 aromatic rings. The summed E-state index contributed by atoms with van der Waals surface area (Å²) in [6, 6.07) is 5.45. The molecule has 2 heterocycles. The van der Waals surface area contributed by atoms with Crippen molar-refractivity contribution >= 4 is 40.2 Å². The van der Waals surface area contributed by atoms with Crippen LogP contribution in [0.3, 0.4) is 0 Å². The van der Waals surface area contributed by atoms with Gasteiger partial charge < -0.3 is 9.32 Å². The Morgan fingerprint density at radius 3 is 2.81 bits per heavy atom. The smallest absolute Gasteiger partial charge is 0.259 e. The number of benzene rings is 1. The van der Waals surface area contributed by atoms with E-state index in [1.165, 1.54) is 10.9 Å². The van der Waals surface area contributed by atoms with Crippen LogP contribution in [0.25, 0.3) is 11.1 Å². The number of carbonyl (C=O) groups excluding carboxylic acids is 1. The maximum absolute atomic E-state index is 13.1. The molecule has 1 aliphatic carbocycles. The molecule has 0 N–H and O–H groups in total. The average Bonchev–Trinajstić information content (AvgIpc) is 3.33. The summed E-state index contributed by atoms with van der Waals surface area (Å²) >= 11 is 12.3. The molecular formula is C18H18Cl2N4O2. The molecule has 0 bridgehead atoms. The summed E-state index contributed by atoms with van der Waals surface area (Å²) in [5, 5.41) is 5.02. The lowest BCUT2D eigenvalue weighted by Crippen LogP contribution is -2.38. The molecular weight excluding hydrogens is 375 g/mol. The van der Waals surface area contributed by atoms with Gasteiger partial charge in [-0.1, -0.05) is 36.0 Å². The van der Waals surface area contributed by atoms with Gasteiger partial charge in [-0.3, -0.25) is 9.48 Å². The van der Waals surface area contributed by atoms with Crippen molar-refractivity contribution in [2.75, 3.05) is 0 Å². The van der Waals surface area contributed by atoms with Crippen molar-refractivity contribution in [1.82, 2.24) is 19.7 Å². The Kier molecular flexibility index (Phi) is 4.63. The first kappa shape index (κ1) is 17.4. The third kappa shape index (κ3) is 3.19. The van der Waals surface area contributed by atoms with Crippen molar-refractivity contribution < 1.29 is 9.21 Å². The van der Waals surface area contributed by atoms with Gasteiger partial charge in [0.15, 0.2) is 5.58 Å². The zero-order valence-electron chi connectivity index (χ0n) is 14.3. The maximum atomic E-state index is 13.1. The van der Waals surface area contributed by atoms with Crippen LogP contribution in [0.15, 0.2) is 28.8 Å². The molecule has 0 radical (unpaired) electrons. The van der Waals surface area contributed by atoms with Gasteiger partial charge in [-0.25, -0.2) is 4.98 Å². The van der Waals surface area contributed by atoms with Gasteiger partial charge in [0.05, 0.1) is 18.3 Å². The van der Waals surface area contributed by atoms with Crippen molar-refractivity contribution in [3.63, 3.8) is 0 Å². The van der Waals surface area contributed by atoms with Gasteiger partial charge in [0.25, 0.3) is 5.91 Å². The Balaban J connectivity index is 1.66. The number of carbonyl (C=O) groups is 1. The highest BCUT2D eigenvalue weighted by Gasteiger charge is 2.31. The molecule has 1 aromatic carbocycles. The second kappa shape index (κ2) is 6.93. The van der Waals surface area contributed by atoms with E-state index in [-0.39, 0.29) is 11.9 Å². The molecule has 1 fully saturated rings. The van der Waals surface area contributed by atoms with Crippen LogP contribution in [0.2, 0.25) is 10.2 Å². The summed E-state index contributed by atoms with van der Waals surface area (Å²) in [5.41, 5.74) is 1.74. The highest BCUT2D eigenvalue weighted by atomic mass is 35.5. The zero-order valence-corrected chi connectivity index (χ0v) is 15.8. The Morgan fingerprint density at radius 2 is 2.12 bits per heavy atom. The van der Waals surface area contributed by atoms with Crippen LogP contribution < -0.4 is 0 Å². The molecule has 1 aliphatic rings. The zero-order chi connectivity index (χ0) is 18.3. The van der Waals surface area contributed by atoms with Crippen LogP contribution in [0.1, 0.15) is 41.9 Å². The molecule has 1 amide bonds. The maximum Gasteiger partial charge on any atom is 0.259 e. The number of oxazole rings is 1. The van der Waals surface area contributed by atoms with Crippen LogP contribution >= 0.6 is 23.2 Å². The minimum absolute atomic E-state index is 0.143. The second-order valence-electron chi connectivity index (χ2n) is 6.56. The molecule has 4 rings (SSSR count). The number of amides is 1. The van der Waals surface area contributed by atoms with Gasteiger partial charge in [0, 0.05) is 18.1 Å². The van der Waals surface area contributed by atoms with Crippen molar-refractivity contribution in [2.45, 2.75) is 38.3 Å². The first-order valence-electron chi connectivity index (χ1n) is 8.56. The van der Waals surface area contributed by atoms with Gasteiger partial charge in [0.2, 0.25) is 5.89 Å². The summed E-state index contributed by atoms with van der Waals surface area (Å²) in [6.07, 6.45) is 5.67. The van der Waals surface area contributed by atoms with Crippen molar-refractivity contribution in [2.24, 2.45) is 7.05 Å². The number of halogens is 2. The van der Waals surface area contributed by atoms with Crippen LogP contribution in [-0.2, 0) is 13.6 Å². The third-order valence-corrected chi connectivity index (χ3v) is 5.51. The van der Waals surface area contributed by atoms with Crippen molar-refractivity contribution in [3.8, 4) is 0 Å². The third-order valence-electron chi connectivity index (χ3n) is 4.82. The SMILES string of the molecule is Cn1ncc(C(=O)N(Cc2nc3cc(Cl)ccc3o2)C2CCCC2)c1Cl. The van der Waals surface area contributed by atoms with E-state index in [0.29, 0.717) is 39.3 Å². The normalized spacial score (nSPS) is 15.0. The molecule has 0 spiro atoms. The Labute approximate surface area is 160 Å². The van der Waals surface area contributed by atoms with E-state index in [4.69, 9.17) is 27.6 Å². The predicted octanol–water partition coefficient (Wildman–Crippen LogP) is 4.45. The van der Waals surface area contributed by atoms with E-state index in [9.17, 15) is 4.79 Å². The van der Waals surface area contributed by atoms with Gasteiger partial charge >= 0.3 is 0 Å². The van der Waals surface area contributed by atoms with E-state index in [0.717, 1.165) is 25.7 Å². The molecule has 0 atom stereocenters. The van der Waals surface area contributed by atoms with Gasteiger partial charge in [-0.05, 0) is 31.0 Å². The largest absolute Gasteiger partial charge is 0.439 e. The fourth-order valence-corrected chi connectivity index (χ4v) is 3.80. The van der Waals surface area contributed by atoms with Gasteiger partial charge in [0.1, 0.15) is 10.7 Å². The van der Waals surface area contributed by atoms with Crippen LogP contribution in [0.5, 0.6) is 0 Å². The highest BCUT2D eigenvalue weighted by molar-refractivity contribution is 6.32. The standard InChI is InChI=1S/C18H18Cl2N4O2/c1-23-17(20)13(9-21-23)18(25)24(12-4-2-3-5-12)10-16-22-14-8-11(19)6-7-15(14)26-16/h6-9,12H,2-5,10H2,1H3. The van der Waals surface area contributed by atoms with E-state index >= 15 is 0 Å². The molecule has 0 saturated heterocycles. The fourth-order valence-electron chi connectivity index (χ4n) is 3.47. The predicted molar refractivity (Wildman–Crippen MR) is 99.4 cm³/mol. The van der Waals surface area contributed by atoms with E-state index in [1.807, 2.05) is 4.90 Å². The van der Waals surface area contributed by atoms with E-state index in [2.05, 4.69) is 10.1 Å². The molecule has 0 unspecified atom stereocenters. The lowest BCUT2D eigenvalue weighted by molar-refractivity contribution is 0.0646. The quantitative estimate of drug-likeness (QED) is 0.657. The number of fused-ring (bicyclic) bond motifs is 1. The monoisotopic (exact) mass is 392 g/mol. The molecule has 8 heteroatoms. The summed E-state index contributed by atoms with van der Waals surface area (Å²) in [5.74, 6) is 0.345. The molecule has 6 nitrogen and oxygen atoms in total. The number of aryl methyl sites for hydroxylation is 1. The molecule has 26 heavy (non-hydrogen) atoms. The molecule has 1 saturated carbocycles. The van der Waals surface area contributed by atoms with Crippen LogP contribution in [0, 0.1) is 0 Å². The van der Waals surface area contributed by atoms with Crippen LogP contribution in [-0.4, -0.2) is 31.6 Å². The number of rotatable bonds is 4. The number of aromatic nitrogens is 3. The van der Waals surface area contributed by atoms with E-state index < -0.39 is 0 Å². The Morgan fingerprint density at radius 1 is 1.35 bits per heavy atom. The number of hydrogen-bond acceptors (Lipinski definition) is 4. The summed E-state index contributed by atoms with van der Waals surface area (Å²) < 4.78 is 7.31. The van der Waals surface area contributed by atoms with Crippen LogP contribution in [0.4, 0.5) is 0 Å². The van der Waals surface area contributed by atoms with Crippen molar-refractivity contribution in [3.05, 3.63) is 46.0 Å². The lowest BCUT2D eigenvalue weighted by Gasteiger charge is -2.27. The minimum atomic E-state index is -0.143. The van der Waals surface area contributed by atoms with E-state index in [1.54, 1.807) is 25.2 Å². The molecule has 2 aromatic heterocycles.